The molecule has 0 amide bonds. The maximum absolute atomic E-state index is 5.23. The fourth-order valence-corrected chi connectivity index (χ4v) is 2.07. The van der Waals surface area contributed by atoms with Crippen LogP contribution in [0.4, 0.5) is 0 Å². The third-order valence-electron chi connectivity index (χ3n) is 2.68. The zero-order chi connectivity index (χ0) is 14.4. The minimum atomic E-state index is 0.556. The van der Waals surface area contributed by atoms with E-state index in [0.717, 1.165) is 28.3 Å². The van der Waals surface area contributed by atoms with E-state index in [4.69, 9.17) is 9.47 Å². The third-order valence-corrected chi connectivity index (χ3v) is 3.35. The fraction of sp³-hybridized carbons (Fsp3) is 0.417. The van der Waals surface area contributed by atoms with Gasteiger partial charge in [-0.15, -0.1) is 5.10 Å². The quantitative estimate of drug-likeness (QED) is 0.762. The Kier molecular flexibility index (Phi) is 5.45. The minimum absolute atomic E-state index is 0.556. The van der Waals surface area contributed by atoms with Crippen LogP contribution in [0.1, 0.15) is 5.82 Å². The van der Waals surface area contributed by atoms with Crippen molar-refractivity contribution in [3.8, 4) is 11.4 Å². The van der Waals surface area contributed by atoms with E-state index in [1.165, 1.54) is 0 Å². The van der Waals surface area contributed by atoms with Crippen molar-refractivity contribution in [3.63, 3.8) is 0 Å². The maximum Gasteiger partial charge on any atom is 0.170 e. The zero-order valence-electron chi connectivity index (χ0n) is 11.3. The van der Waals surface area contributed by atoms with Gasteiger partial charge in [0.2, 0.25) is 0 Å². The number of benzene rings is 1. The number of nitrogens with one attached hydrogen (secondary N) is 1. The van der Waals surface area contributed by atoms with Gasteiger partial charge in [0.05, 0.1) is 25.9 Å². The lowest BCUT2D eigenvalue weighted by molar-refractivity contribution is 0.199. The second-order valence-electron chi connectivity index (χ2n) is 3.99. The van der Waals surface area contributed by atoms with Gasteiger partial charge in [-0.05, 0) is 38.5 Å². The largest absolute Gasteiger partial charge is 0.497 e. The summed E-state index contributed by atoms with van der Waals surface area (Å²) >= 11 is 3.50. The Morgan fingerprint density at radius 2 is 2.20 bits per heavy atom. The first-order valence-corrected chi connectivity index (χ1v) is 6.86. The SMILES string of the molecule is COCCNCc1nnnn1-c1cc(OC)ccc1Br. The van der Waals surface area contributed by atoms with Crippen molar-refractivity contribution in [2.24, 2.45) is 0 Å². The summed E-state index contributed by atoms with van der Waals surface area (Å²) in [6.07, 6.45) is 0. The Labute approximate surface area is 125 Å². The number of nitrogens with zero attached hydrogens (tertiary/aromatic N) is 4. The van der Waals surface area contributed by atoms with Crippen LogP contribution in [0.15, 0.2) is 22.7 Å². The van der Waals surface area contributed by atoms with Gasteiger partial charge in [0.25, 0.3) is 0 Å². The molecule has 1 N–H and O–H groups in total. The first-order valence-electron chi connectivity index (χ1n) is 6.07. The van der Waals surface area contributed by atoms with Crippen molar-refractivity contribution in [2.75, 3.05) is 27.4 Å². The molecular weight excluding hydrogens is 326 g/mol. The molecule has 1 aromatic carbocycles. The van der Waals surface area contributed by atoms with E-state index >= 15 is 0 Å². The summed E-state index contributed by atoms with van der Waals surface area (Å²) in [4.78, 5) is 0. The number of ether oxygens (including phenoxy) is 2. The first kappa shape index (κ1) is 14.9. The minimum Gasteiger partial charge on any atom is -0.497 e. The molecule has 8 heteroatoms. The second-order valence-corrected chi connectivity index (χ2v) is 4.85. The lowest BCUT2D eigenvalue weighted by Gasteiger charge is -2.09. The monoisotopic (exact) mass is 341 g/mol. The summed E-state index contributed by atoms with van der Waals surface area (Å²) < 4.78 is 12.8. The van der Waals surface area contributed by atoms with Crippen LogP contribution in [0, 0.1) is 0 Å². The molecule has 1 aromatic heterocycles. The number of hydrogen-bond donors (Lipinski definition) is 1. The van der Waals surface area contributed by atoms with Crippen LogP contribution in [0.5, 0.6) is 5.75 Å². The average molecular weight is 342 g/mol. The van der Waals surface area contributed by atoms with E-state index in [0.29, 0.717) is 13.2 Å². The molecule has 0 saturated carbocycles. The van der Waals surface area contributed by atoms with Gasteiger partial charge in [0, 0.05) is 24.2 Å². The van der Waals surface area contributed by atoms with Gasteiger partial charge in [-0.25, -0.2) is 0 Å². The molecular formula is C12H16BrN5O2. The van der Waals surface area contributed by atoms with Crippen LogP contribution >= 0.6 is 15.9 Å². The summed E-state index contributed by atoms with van der Waals surface area (Å²) in [6, 6.07) is 5.64. The Morgan fingerprint density at radius 1 is 1.35 bits per heavy atom. The molecule has 0 aliphatic carbocycles. The topological polar surface area (TPSA) is 74.1 Å². The lowest BCUT2D eigenvalue weighted by atomic mass is 10.3. The Hall–Kier alpha value is -1.51. The molecule has 2 rings (SSSR count). The Balaban J connectivity index is 2.18. The zero-order valence-corrected chi connectivity index (χ0v) is 12.9. The Morgan fingerprint density at radius 3 is 2.95 bits per heavy atom. The van der Waals surface area contributed by atoms with E-state index in [-0.39, 0.29) is 0 Å². The second kappa shape index (κ2) is 7.32. The highest BCUT2D eigenvalue weighted by atomic mass is 79.9. The van der Waals surface area contributed by atoms with E-state index in [1.807, 2.05) is 18.2 Å². The molecule has 0 atom stereocenters. The molecule has 0 radical (unpaired) electrons. The van der Waals surface area contributed by atoms with E-state index < -0.39 is 0 Å². The maximum atomic E-state index is 5.23. The summed E-state index contributed by atoms with van der Waals surface area (Å²) in [6.45, 7) is 1.94. The number of aromatic nitrogens is 4. The molecule has 0 bridgehead atoms. The summed E-state index contributed by atoms with van der Waals surface area (Å²) in [5.74, 6) is 1.46. The van der Waals surface area contributed by atoms with Crippen molar-refractivity contribution >= 4 is 15.9 Å². The number of tetrazole rings is 1. The predicted molar refractivity (Wildman–Crippen MR) is 77.0 cm³/mol. The molecule has 2 aromatic rings. The molecule has 20 heavy (non-hydrogen) atoms. The molecule has 0 saturated heterocycles. The van der Waals surface area contributed by atoms with Crippen LogP contribution in [0.2, 0.25) is 0 Å². The predicted octanol–water partition coefficient (Wildman–Crippen LogP) is 1.17. The molecule has 1 heterocycles. The average Bonchev–Trinajstić information content (AvgIpc) is 2.92. The van der Waals surface area contributed by atoms with Gasteiger partial charge >= 0.3 is 0 Å². The van der Waals surface area contributed by atoms with Crippen LogP contribution in [-0.4, -0.2) is 47.6 Å². The van der Waals surface area contributed by atoms with E-state index in [9.17, 15) is 0 Å². The van der Waals surface area contributed by atoms with Crippen LogP contribution in [0.25, 0.3) is 5.69 Å². The van der Waals surface area contributed by atoms with Crippen molar-refractivity contribution in [2.45, 2.75) is 6.54 Å². The number of rotatable bonds is 7. The molecule has 0 fully saturated rings. The van der Waals surface area contributed by atoms with Crippen LogP contribution in [-0.2, 0) is 11.3 Å². The molecule has 0 aliphatic heterocycles. The lowest BCUT2D eigenvalue weighted by Crippen LogP contribution is -2.21. The van der Waals surface area contributed by atoms with Gasteiger partial charge < -0.3 is 14.8 Å². The van der Waals surface area contributed by atoms with Crippen molar-refractivity contribution in [1.29, 1.82) is 0 Å². The molecule has 0 unspecified atom stereocenters. The number of halogens is 1. The number of methoxy groups -OCH3 is 2. The van der Waals surface area contributed by atoms with Gasteiger partial charge in [0.1, 0.15) is 5.75 Å². The first-order chi connectivity index (χ1) is 9.76. The third kappa shape index (κ3) is 3.53. The standard InChI is InChI=1S/C12H16BrN5O2/c1-19-6-5-14-8-12-15-16-17-18(12)11-7-9(20-2)3-4-10(11)13/h3-4,7,14H,5-6,8H2,1-2H3. The summed E-state index contributed by atoms with van der Waals surface area (Å²) in [5, 5.41) is 15.0. The van der Waals surface area contributed by atoms with Crippen LogP contribution in [0.3, 0.4) is 0 Å². The Bertz CT molecular complexity index is 561. The molecule has 108 valence electrons. The van der Waals surface area contributed by atoms with Gasteiger partial charge in [-0.1, -0.05) is 0 Å². The van der Waals surface area contributed by atoms with E-state index in [1.54, 1.807) is 18.9 Å². The summed E-state index contributed by atoms with van der Waals surface area (Å²) in [5.41, 5.74) is 0.831. The van der Waals surface area contributed by atoms with Crippen molar-refractivity contribution in [3.05, 3.63) is 28.5 Å². The van der Waals surface area contributed by atoms with Crippen molar-refractivity contribution in [1.82, 2.24) is 25.5 Å². The highest BCUT2D eigenvalue weighted by molar-refractivity contribution is 9.10. The normalized spacial score (nSPS) is 10.8. The van der Waals surface area contributed by atoms with Gasteiger partial charge in [-0.2, -0.15) is 4.68 Å². The van der Waals surface area contributed by atoms with Crippen molar-refractivity contribution < 1.29 is 9.47 Å². The number of hydrogen-bond acceptors (Lipinski definition) is 6. The highest BCUT2D eigenvalue weighted by Crippen LogP contribution is 2.25. The summed E-state index contributed by atoms with van der Waals surface area (Å²) in [7, 11) is 3.29. The van der Waals surface area contributed by atoms with Gasteiger partial charge in [0.15, 0.2) is 5.82 Å². The molecule has 7 nitrogen and oxygen atoms in total. The fourth-order valence-electron chi connectivity index (χ4n) is 1.66. The smallest absolute Gasteiger partial charge is 0.170 e. The highest BCUT2D eigenvalue weighted by Gasteiger charge is 2.11. The van der Waals surface area contributed by atoms with E-state index in [2.05, 4.69) is 36.8 Å². The van der Waals surface area contributed by atoms with Gasteiger partial charge in [-0.3, -0.25) is 0 Å². The molecule has 0 spiro atoms. The van der Waals surface area contributed by atoms with Crippen LogP contribution < -0.4 is 10.1 Å². The molecule has 0 aliphatic rings.